The van der Waals surface area contributed by atoms with Gasteiger partial charge in [0.1, 0.15) is 5.75 Å². The van der Waals surface area contributed by atoms with Crippen LogP contribution in [0.2, 0.25) is 0 Å². The first-order chi connectivity index (χ1) is 13.3. The largest absolute Gasteiger partial charge is 0.497 e. The Kier molecular flexibility index (Phi) is 10.7. The van der Waals surface area contributed by atoms with Gasteiger partial charge in [-0.25, -0.2) is 0 Å². The van der Waals surface area contributed by atoms with E-state index in [4.69, 9.17) is 9.47 Å². The van der Waals surface area contributed by atoms with E-state index in [0.717, 1.165) is 49.9 Å². The lowest BCUT2D eigenvalue weighted by Crippen LogP contribution is -2.42. The van der Waals surface area contributed by atoms with E-state index in [1.54, 1.807) is 7.11 Å². The van der Waals surface area contributed by atoms with Gasteiger partial charge in [-0.1, -0.05) is 18.6 Å². The summed E-state index contributed by atoms with van der Waals surface area (Å²) in [7, 11) is 1.68. The summed E-state index contributed by atoms with van der Waals surface area (Å²) in [5, 5.41) is 6.76. The molecule has 0 aromatic heterocycles. The fourth-order valence-corrected chi connectivity index (χ4v) is 3.13. The molecule has 1 fully saturated rings. The minimum atomic E-state index is 0.627. The van der Waals surface area contributed by atoms with Gasteiger partial charge in [-0.3, -0.25) is 4.99 Å². The van der Waals surface area contributed by atoms with Crippen molar-refractivity contribution in [2.45, 2.75) is 39.2 Å². The number of piperidine rings is 1. The Morgan fingerprint density at radius 1 is 1.11 bits per heavy atom. The fraction of sp³-hybridized carbons (Fsp3) is 0.667. The van der Waals surface area contributed by atoms with Crippen LogP contribution >= 0.6 is 0 Å². The molecule has 6 heteroatoms. The number of ether oxygens (including phenoxy) is 2. The number of methoxy groups -OCH3 is 1. The predicted molar refractivity (Wildman–Crippen MR) is 112 cm³/mol. The molecule has 152 valence electrons. The smallest absolute Gasteiger partial charge is 0.191 e. The molecule has 0 bridgehead atoms. The lowest BCUT2D eigenvalue weighted by Gasteiger charge is -2.26. The highest BCUT2D eigenvalue weighted by molar-refractivity contribution is 5.79. The maximum absolute atomic E-state index is 5.74. The second kappa shape index (κ2) is 13.4. The first-order valence-electron chi connectivity index (χ1n) is 10.3. The number of benzene rings is 1. The predicted octanol–water partition coefficient (Wildman–Crippen LogP) is 2.64. The highest BCUT2D eigenvalue weighted by atomic mass is 16.5. The topological polar surface area (TPSA) is 58.1 Å². The number of nitrogens with one attached hydrogen (secondary N) is 2. The van der Waals surface area contributed by atoms with Crippen LogP contribution in [0.3, 0.4) is 0 Å². The van der Waals surface area contributed by atoms with Crippen LogP contribution in [-0.2, 0) is 11.3 Å². The van der Waals surface area contributed by atoms with E-state index in [2.05, 4.69) is 27.4 Å². The summed E-state index contributed by atoms with van der Waals surface area (Å²) < 4.78 is 10.9. The van der Waals surface area contributed by atoms with Crippen LogP contribution < -0.4 is 15.4 Å². The summed E-state index contributed by atoms with van der Waals surface area (Å²) in [6, 6.07) is 7.99. The first-order valence-corrected chi connectivity index (χ1v) is 10.3. The molecule has 0 saturated carbocycles. The van der Waals surface area contributed by atoms with Crippen LogP contribution in [0.1, 0.15) is 38.2 Å². The molecule has 0 amide bonds. The number of aliphatic imine (C=N–C) groups is 1. The average Bonchev–Trinajstić information content (AvgIpc) is 2.71. The quantitative estimate of drug-likeness (QED) is 0.353. The maximum Gasteiger partial charge on any atom is 0.191 e. The zero-order valence-electron chi connectivity index (χ0n) is 17.0. The molecule has 6 nitrogen and oxygen atoms in total. The fourth-order valence-electron chi connectivity index (χ4n) is 3.13. The third kappa shape index (κ3) is 9.11. The number of hydrogen-bond acceptors (Lipinski definition) is 4. The van der Waals surface area contributed by atoms with Crippen LogP contribution in [-0.4, -0.2) is 63.8 Å². The van der Waals surface area contributed by atoms with Crippen molar-refractivity contribution in [1.82, 2.24) is 15.5 Å². The van der Waals surface area contributed by atoms with Crippen molar-refractivity contribution in [1.29, 1.82) is 0 Å². The van der Waals surface area contributed by atoms with Gasteiger partial charge in [0.05, 0.1) is 13.7 Å². The second-order valence-corrected chi connectivity index (χ2v) is 6.84. The van der Waals surface area contributed by atoms with Gasteiger partial charge in [-0.05, 0) is 57.0 Å². The maximum atomic E-state index is 5.74. The molecule has 0 aliphatic carbocycles. The number of rotatable bonds is 11. The molecular formula is C21H36N4O2. The van der Waals surface area contributed by atoms with Gasteiger partial charge >= 0.3 is 0 Å². The van der Waals surface area contributed by atoms with E-state index in [1.807, 2.05) is 24.3 Å². The molecule has 2 N–H and O–H groups in total. The molecular weight excluding hydrogens is 340 g/mol. The van der Waals surface area contributed by atoms with Gasteiger partial charge in [0.2, 0.25) is 0 Å². The molecule has 1 aromatic carbocycles. The van der Waals surface area contributed by atoms with E-state index >= 15 is 0 Å². The van der Waals surface area contributed by atoms with Crippen molar-refractivity contribution < 1.29 is 9.47 Å². The minimum Gasteiger partial charge on any atom is -0.497 e. The summed E-state index contributed by atoms with van der Waals surface area (Å²) in [6.07, 6.45) is 4.97. The van der Waals surface area contributed by atoms with E-state index in [0.29, 0.717) is 13.2 Å². The lowest BCUT2D eigenvalue weighted by atomic mass is 10.1. The summed E-state index contributed by atoms with van der Waals surface area (Å²) in [6.45, 7) is 9.59. The average molecular weight is 377 g/mol. The van der Waals surface area contributed by atoms with Crippen molar-refractivity contribution >= 4 is 5.96 Å². The van der Waals surface area contributed by atoms with Crippen LogP contribution in [0, 0.1) is 0 Å². The molecule has 1 heterocycles. The molecule has 1 aliphatic rings. The van der Waals surface area contributed by atoms with Crippen LogP contribution in [0.5, 0.6) is 5.75 Å². The molecule has 0 radical (unpaired) electrons. The van der Waals surface area contributed by atoms with Crippen molar-refractivity contribution in [3.8, 4) is 5.75 Å². The van der Waals surface area contributed by atoms with Gasteiger partial charge in [0.25, 0.3) is 0 Å². The standard InChI is InChI=1S/C21H36N4O2/c1-3-22-21(24-13-16-25-14-5-4-6-15-25)23-12-7-17-27-18-19-8-10-20(26-2)11-9-19/h8-11H,3-7,12-18H2,1-2H3,(H2,22,23,24). The van der Waals surface area contributed by atoms with E-state index in [-0.39, 0.29) is 0 Å². The zero-order chi connectivity index (χ0) is 19.2. The van der Waals surface area contributed by atoms with Crippen molar-refractivity contribution in [3.63, 3.8) is 0 Å². The molecule has 2 rings (SSSR count). The molecule has 1 aliphatic heterocycles. The van der Waals surface area contributed by atoms with Crippen LogP contribution in [0.25, 0.3) is 0 Å². The number of hydrogen-bond donors (Lipinski definition) is 2. The number of likely N-dealkylation sites (tertiary alicyclic amines) is 1. The Balaban J connectivity index is 1.57. The van der Waals surface area contributed by atoms with E-state index in [1.165, 1.54) is 32.4 Å². The summed E-state index contributed by atoms with van der Waals surface area (Å²) in [4.78, 5) is 7.18. The normalized spacial score (nSPS) is 15.6. The summed E-state index contributed by atoms with van der Waals surface area (Å²) >= 11 is 0. The molecule has 0 unspecified atom stereocenters. The minimum absolute atomic E-state index is 0.627. The molecule has 27 heavy (non-hydrogen) atoms. The Hall–Kier alpha value is -1.79. The van der Waals surface area contributed by atoms with Crippen molar-refractivity contribution in [2.75, 3.05) is 53.0 Å². The highest BCUT2D eigenvalue weighted by Crippen LogP contribution is 2.12. The van der Waals surface area contributed by atoms with Gasteiger partial charge in [-0.15, -0.1) is 0 Å². The van der Waals surface area contributed by atoms with Gasteiger partial charge in [0, 0.05) is 32.8 Å². The SMILES string of the molecule is CCNC(=NCCCOCc1ccc(OC)cc1)NCCN1CCCCC1. The van der Waals surface area contributed by atoms with Crippen molar-refractivity contribution in [2.24, 2.45) is 4.99 Å². The van der Waals surface area contributed by atoms with E-state index < -0.39 is 0 Å². The Labute approximate surface area is 164 Å². The number of guanidine groups is 1. The lowest BCUT2D eigenvalue weighted by molar-refractivity contribution is 0.120. The van der Waals surface area contributed by atoms with Gasteiger partial charge in [-0.2, -0.15) is 0 Å². The first kappa shape index (κ1) is 21.5. The highest BCUT2D eigenvalue weighted by Gasteiger charge is 2.09. The Morgan fingerprint density at radius 2 is 1.89 bits per heavy atom. The van der Waals surface area contributed by atoms with Gasteiger partial charge < -0.3 is 25.0 Å². The van der Waals surface area contributed by atoms with Crippen LogP contribution in [0.15, 0.2) is 29.3 Å². The molecule has 0 spiro atoms. The van der Waals surface area contributed by atoms with E-state index in [9.17, 15) is 0 Å². The summed E-state index contributed by atoms with van der Waals surface area (Å²) in [5.41, 5.74) is 1.16. The number of nitrogens with zero attached hydrogens (tertiary/aromatic N) is 2. The molecule has 0 atom stereocenters. The molecule has 1 saturated heterocycles. The van der Waals surface area contributed by atoms with Gasteiger partial charge in [0.15, 0.2) is 5.96 Å². The summed E-state index contributed by atoms with van der Waals surface area (Å²) in [5.74, 6) is 1.78. The monoisotopic (exact) mass is 376 g/mol. The third-order valence-corrected chi connectivity index (χ3v) is 4.66. The Morgan fingerprint density at radius 3 is 2.59 bits per heavy atom. The van der Waals surface area contributed by atoms with Crippen molar-refractivity contribution in [3.05, 3.63) is 29.8 Å². The Bertz CT molecular complexity index is 527. The third-order valence-electron chi connectivity index (χ3n) is 4.66. The second-order valence-electron chi connectivity index (χ2n) is 6.84. The molecule has 1 aromatic rings. The zero-order valence-corrected chi connectivity index (χ0v) is 17.0. The van der Waals surface area contributed by atoms with Crippen LogP contribution in [0.4, 0.5) is 0 Å².